The summed E-state index contributed by atoms with van der Waals surface area (Å²) in [6.45, 7) is 0. The molecular formula is C55H37NO. The molecule has 0 saturated carbocycles. The average Bonchev–Trinajstić information content (AvgIpc) is 3.81. The van der Waals surface area contributed by atoms with Crippen LogP contribution in [0, 0.1) is 0 Å². The highest BCUT2D eigenvalue weighted by Gasteiger charge is 2.45. The Bertz CT molecular complexity index is 2990. The van der Waals surface area contributed by atoms with Crippen LogP contribution in [0.15, 0.2) is 229 Å². The maximum Gasteiger partial charge on any atom is 0.135 e. The van der Waals surface area contributed by atoms with Gasteiger partial charge in [0.1, 0.15) is 11.2 Å². The van der Waals surface area contributed by atoms with E-state index in [1.54, 1.807) is 0 Å². The number of hydrogen-bond donors (Lipinski definition) is 0. The van der Waals surface area contributed by atoms with Crippen molar-refractivity contribution >= 4 is 39.0 Å². The molecule has 268 valence electrons. The van der Waals surface area contributed by atoms with Crippen molar-refractivity contribution in [3.05, 3.63) is 247 Å². The fourth-order valence-electron chi connectivity index (χ4n) is 9.16. The van der Waals surface area contributed by atoms with E-state index in [1.165, 1.54) is 44.5 Å². The van der Waals surface area contributed by atoms with Crippen LogP contribution in [0.3, 0.4) is 0 Å². The molecule has 0 saturated heterocycles. The van der Waals surface area contributed by atoms with Crippen LogP contribution in [0.25, 0.3) is 55.3 Å². The Morgan fingerprint density at radius 1 is 0.316 bits per heavy atom. The number of para-hydroxylation sites is 1. The molecule has 0 aliphatic heterocycles. The van der Waals surface area contributed by atoms with Crippen molar-refractivity contribution < 1.29 is 4.42 Å². The Labute approximate surface area is 332 Å². The van der Waals surface area contributed by atoms with Gasteiger partial charge in [0, 0.05) is 27.8 Å². The third-order valence-corrected chi connectivity index (χ3v) is 11.8. The highest BCUT2D eigenvalue weighted by atomic mass is 16.3. The van der Waals surface area contributed by atoms with Crippen molar-refractivity contribution in [1.29, 1.82) is 0 Å². The Morgan fingerprint density at radius 2 is 0.754 bits per heavy atom. The molecule has 9 aromatic carbocycles. The first-order valence-corrected chi connectivity index (χ1v) is 19.6. The molecule has 0 atom stereocenters. The molecule has 0 spiro atoms. The smallest absolute Gasteiger partial charge is 0.135 e. The van der Waals surface area contributed by atoms with Crippen LogP contribution in [-0.2, 0) is 5.41 Å². The SMILES string of the molecule is c1ccc(-c2ccc(N(c3ccc(-c4ccc5oc6ccccc6c5c4)cc3)c3ccc(C4(c5ccccc5)c5ccccc5-c5ccccc54)cc3)cc2)cc1. The molecular weight excluding hydrogens is 691 g/mol. The first-order chi connectivity index (χ1) is 28.3. The van der Waals surface area contributed by atoms with Crippen LogP contribution in [0.4, 0.5) is 17.1 Å². The van der Waals surface area contributed by atoms with Crippen molar-refractivity contribution in [1.82, 2.24) is 0 Å². The van der Waals surface area contributed by atoms with Gasteiger partial charge in [0.15, 0.2) is 0 Å². The molecule has 2 heteroatoms. The second-order valence-electron chi connectivity index (χ2n) is 14.9. The topological polar surface area (TPSA) is 16.4 Å². The zero-order valence-corrected chi connectivity index (χ0v) is 31.2. The van der Waals surface area contributed by atoms with Gasteiger partial charge in [-0.3, -0.25) is 0 Å². The molecule has 11 rings (SSSR count). The molecule has 0 amide bonds. The van der Waals surface area contributed by atoms with Gasteiger partial charge in [-0.2, -0.15) is 0 Å². The Hall–Kier alpha value is -7.42. The predicted molar refractivity (Wildman–Crippen MR) is 237 cm³/mol. The lowest BCUT2D eigenvalue weighted by Gasteiger charge is -2.34. The summed E-state index contributed by atoms with van der Waals surface area (Å²) in [5, 5.41) is 2.27. The number of rotatable bonds is 7. The molecule has 1 heterocycles. The summed E-state index contributed by atoms with van der Waals surface area (Å²) in [7, 11) is 0. The Balaban J connectivity index is 1.03. The molecule has 0 N–H and O–H groups in total. The standard InChI is InChI=1S/C55H37NO/c1-3-13-38(14-4-1)39-23-30-44(31-24-39)56(45-32-25-40(26-33-45)41-27-36-54-50(37-41)49-19-9-12-22-53(49)57-54)46-34-28-43(29-35-46)55(42-15-5-2-6-16-42)51-20-10-7-17-47(51)48-18-8-11-21-52(48)55/h1-37H. The molecule has 0 fully saturated rings. The molecule has 1 aromatic heterocycles. The maximum absolute atomic E-state index is 6.13. The van der Waals surface area contributed by atoms with E-state index in [1.807, 2.05) is 12.1 Å². The Morgan fingerprint density at radius 3 is 1.39 bits per heavy atom. The maximum atomic E-state index is 6.13. The second-order valence-corrected chi connectivity index (χ2v) is 14.9. The highest BCUT2D eigenvalue weighted by molar-refractivity contribution is 6.06. The quantitative estimate of drug-likeness (QED) is 0.163. The molecule has 10 aromatic rings. The predicted octanol–water partition coefficient (Wildman–Crippen LogP) is 14.8. The van der Waals surface area contributed by atoms with E-state index in [0.29, 0.717) is 0 Å². The van der Waals surface area contributed by atoms with Crippen LogP contribution < -0.4 is 4.90 Å². The summed E-state index contributed by atoms with van der Waals surface area (Å²) in [6.07, 6.45) is 0. The summed E-state index contributed by atoms with van der Waals surface area (Å²) in [4.78, 5) is 2.36. The summed E-state index contributed by atoms with van der Waals surface area (Å²) in [6, 6.07) is 81.2. The van der Waals surface area contributed by atoms with Gasteiger partial charge in [-0.1, -0.05) is 170 Å². The first kappa shape index (κ1) is 33.0. The van der Waals surface area contributed by atoms with Crippen LogP contribution in [-0.4, -0.2) is 0 Å². The minimum absolute atomic E-state index is 0.446. The van der Waals surface area contributed by atoms with Crippen LogP contribution in [0.5, 0.6) is 0 Å². The van der Waals surface area contributed by atoms with Gasteiger partial charge >= 0.3 is 0 Å². The molecule has 0 unspecified atom stereocenters. The van der Waals surface area contributed by atoms with E-state index in [9.17, 15) is 0 Å². The largest absolute Gasteiger partial charge is 0.456 e. The van der Waals surface area contributed by atoms with Gasteiger partial charge in [-0.05, 0) is 110 Å². The number of nitrogens with zero attached hydrogens (tertiary/aromatic N) is 1. The zero-order chi connectivity index (χ0) is 37.8. The summed E-state index contributed by atoms with van der Waals surface area (Å²) < 4.78 is 6.13. The van der Waals surface area contributed by atoms with E-state index >= 15 is 0 Å². The van der Waals surface area contributed by atoms with Gasteiger partial charge in [0.2, 0.25) is 0 Å². The second kappa shape index (κ2) is 13.4. The lowest BCUT2D eigenvalue weighted by atomic mass is 9.68. The fraction of sp³-hybridized carbons (Fsp3) is 0.0182. The van der Waals surface area contributed by atoms with Gasteiger partial charge < -0.3 is 9.32 Å². The molecule has 1 aliphatic rings. The van der Waals surface area contributed by atoms with E-state index in [-0.39, 0.29) is 0 Å². The molecule has 1 aliphatic carbocycles. The number of benzene rings is 9. The van der Waals surface area contributed by atoms with Gasteiger partial charge in [-0.25, -0.2) is 0 Å². The average molecular weight is 728 g/mol. The third-order valence-electron chi connectivity index (χ3n) is 11.8. The zero-order valence-electron chi connectivity index (χ0n) is 31.2. The molecule has 57 heavy (non-hydrogen) atoms. The first-order valence-electron chi connectivity index (χ1n) is 19.6. The van der Waals surface area contributed by atoms with Crippen LogP contribution in [0.1, 0.15) is 22.3 Å². The van der Waals surface area contributed by atoms with E-state index in [2.05, 4.69) is 217 Å². The van der Waals surface area contributed by atoms with E-state index in [0.717, 1.165) is 50.1 Å². The number of anilines is 3. The third kappa shape index (κ3) is 5.33. The van der Waals surface area contributed by atoms with E-state index < -0.39 is 5.41 Å². The Kier molecular flexibility index (Phi) is 7.75. The molecule has 0 radical (unpaired) electrons. The van der Waals surface area contributed by atoms with Crippen LogP contribution >= 0.6 is 0 Å². The summed E-state index contributed by atoms with van der Waals surface area (Å²) >= 11 is 0. The minimum Gasteiger partial charge on any atom is -0.456 e. The fourth-order valence-corrected chi connectivity index (χ4v) is 9.16. The van der Waals surface area contributed by atoms with Crippen molar-refractivity contribution in [2.45, 2.75) is 5.41 Å². The van der Waals surface area contributed by atoms with Crippen molar-refractivity contribution in [3.8, 4) is 33.4 Å². The van der Waals surface area contributed by atoms with Crippen molar-refractivity contribution in [2.75, 3.05) is 4.90 Å². The van der Waals surface area contributed by atoms with Gasteiger partial charge in [-0.15, -0.1) is 0 Å². The molecule has 0 bridgehead atoms. The number of fused-ring (bicyclic) bond motifs is 6. The highest BCUT2D eigenvalue weighted by Crippen LogP contribution is 2.56. The lowest BCUT2D eigenvalue weighted by Crippen LogP contribution is -2.28. The van der Waals surface area contributed by atoms with Crippen molar-refractivity contribution in [3.63, 3.8) is 0 Å². The van der Waals surface area contributed by atoms with Crippen LogP contribution in [0.2, 0.25) is 0 Å². The van der Waals surface area contributed by atoms with Gasteiger partial charge in [0.25, 0.3) is 0 Å². The lowest BCUT2D eigenvalue weighted by molar-refractivity contribution is 0.669. The summed E-state index contributed by atoms with van der Waals surface area (Å²) in [5.74, 6) is 0. The van der Waals surface area contributed by atoms with Crippen molar-refractivity contribution in [2.24, 2.45) is 0 Å². The summed E-state index contributed by atoms with van der Waals surface area (Å²) in [5.41, 5.74) is 17.1. The monoisotopic (exact) mass is 727 g/mol. The van der Waals surface area contributed by atoms with E-state index in [4.69, 9.17) is 4.42 Å². The number of hydrogen-bond acceptors (Lipinski definition) is 2. The number of furan rings is 1. The van der Waals surface area contributed by atoms with Gasteiger partial charge in [0.05, 0.1) is 5.41 Å². The molecule has 2 nitrogen and oxygen atoms in total. The minimum atomic E-state index is -0.446. The normalized spacial score (nSPS) is 12.7.